The van der Waals surface area contributed by atoms with Crippen molar-refractivity contribution >= 4 is 35.0 Å². The minimum atomic E-state index is -0.161. The van der Waals surface area contributed by atoms with Gasteiger partial charge >= 0.3 is 0 Å². The van der Waals surface area contributed by atoms with Gasteiger partial charge in [-0.3, -0.25) is 14.3 Å². The number of nitriles is 1. The second kappa shape index (κ2) is 9.03. The van der Waals surface area contributed by atoms with Crippen molar-refractivity contribution in [3.05, 3.63) is 86.2 Å². The van der Waals surface area contributed by atoms with Gasteiger partial charge in [0.05, 0.1) is 46.5 Å². The van der Waals surface area contributed by atoms with Gasteiger partial charge in [0.25, 0.3) is 11.8 Å². The second-order valence-corrected chi connectivity index (χ2v) is 9.83. The summed E-state index contributed by atoms with van der Waals surface area (Å²) in [7, 11) is 0. The van der Waals surface area contributed by atoms with E-state index in [2.05, 4.69) is 6.07 Å². The average molecular weight is 508 g/mol. The van der Waals surface area contributed by atoms with Gasteiger partial charge in [0.2, 0.25) is 0 Å². The summed E-state index contributed by atoms with van der Waals surface area (Å²) >= 11 is 12.2. The smallest absolute Gasteiger partial charge is 0.273 e. The van der Waals surface area contributed by atoms with Crippen LogP contribution >= 0.6 is 23.2 Å². The van der Waals surface area contributed by atoms with Crippen LogP contribution in [-0.4, -0.2) is 44.0 Å². The van der Waals surface area contributed by atoms with E-state index >= 15 is 0 Å². The Morgan fingerprint density at radius 3 is 2.57 bits per heavy atom. The van der Waals surface area contributed by atoms with Gasteiger partial charge in [-0.1, -0.05) is 35.3 Å². The van der Waals surface area contributed by atoms with E-state index in [9.17, 15) is 9.59 Å². The van der Waals surface area contributed by atoms with E-state index in [1.807, 2.05) is 30.9 Å². The molecule has 5 rings (SSSR count). The Hall–Kier alpha value is -3.34. The van der Waals surface area contributed by atoms with Crippen LogP contribution in [0.3, 0.4) is 0 Å². The van der Waals surface area contributed by atoms with Crippen molar-refractivity contribution in [1.82, 2.24) is 19.6 Å². The molecule has 7 nitrogen and oxygen atoms in total. The lowest BCUT2D eigenvalue weighted by Crippen LogP contribution is -2.44. The third-order valence-corrected chi connectivity index (χ3v) is 7.66. The Labute approximate surface area is 213 Å². The molecule has 2 aliphatic rings. The average Bonchev–Trinajstić information content (AvgIpc) is 3.22. The quantitative estimate of drug-likeness (QED) is 0.506. The first-order valence-corrected chi connectivity index (χ1v) is 12.2. The monoisotopic (exact) mass is 507 g/mol. The van der Waals surface area contributed by atoms with E-state index in [1.165, 1.54) is 0 Å². The Bertz CT molecular complexity index is 1380. The molecule has 0 bridgehead atoms. The molecule has 0 unspecified atom stereocenters. The molecule has 3 heterocycles. The standard InChI is InChI=1S/C26H23Cl2N5O2/c1-15-11-23-20(14-32(15)25(34)19-7-8-21(27)22(28)12-19)24-26(35)31(9-10-33(24)30-23)16(2)18-5-3-17(13-29)4-6-18/h3-8,12,15-16H,9-11,14H2,1-2H3/t15-,16-/m1/s1. The van der Waals surface area contributed by atoms with Crippen LogP contribution in [-0.2, 0) is 19.5 Å². The molecule has 2 amide bonds. The van der Waals surface area contributed by atoms with Gasteiger partial charge in [-0.05, 0) is 49.7 Å². The van der Waals surface area contributed by atoms with E-state index < -0.39 is 0 Å². The molecule has 2 aliphatic heterocycles. The summed E-state index contributed by atoms with van der Waals surface area (Å²) in [5, 5.41) is 14.5. The van der Waals surface area contributed by atoms with Crippen molar-refractivity contribution in [3.63, 3.8) is 0 Å². The molecule has 0 saturated carbocycles. The molecular weight excluding hydrogens is 485 g/mol. The number of amides is 2. The minimum Gasteiger partial charge on any atom is -0.331 e. The molecule has 2 aromatic carbocycles. The van der Waals surface area contributed by atoms with Gasteiger partial charge < -0.3 is 9.80 Å². The minimum absolute atomic E-state index is 0.0785. The molecule has 0 radical (unpaired) electrons. The fraction of sp³-hybridized carbons (Fsp3) is 0.308. The number of aromatic nitrogens is 2. The van der Waals surface area contributed by atoms with Crippen molar-refractivity contribution in [2.75, 3.05) is 6.54 Å². The zero-order chi connectivity index (χ0) is 24.9. The van der Waals surface area contributed by atoms with Crippen LogP contribution in [0.15, 0.2) is 42.5 Å². The van der Waals surface area contributed by atoms with Crippen LogP contribution in [0.1, 0.15) is 63.1 Å². The number of hydrogen-bond acceptors (Lipinski definition) is 4. The van der Waals surface area contributed by atoms with E-state index in [1.54, 1.807) is 39.9 Å². The van der Waals surface area contributed by atoms with Crippen LogP contribution in [0.25, 0.3) is 0 Å². The van der Waals surface area contributed by atoms with Crippen molar-refractivity contribution in [2.24, 2.45) is 0 Å². The molecule has 0 saturated heterocycles. The predicted octanol–water partition coefficient (Wildman–Crippen LogP) is 4.87. The van der Waals surface area contributed by atoms with Gasteiger partial charge in [0.15, 0.2) is 0 Å². The molecule has 0 aliphatic carbocycles. The summed E-state index contributed by atoms with van der Waals surface area (Å²) in [6.45, 7) is 5.40. The molecule has 1 aromatic heterocycles. The third kappa shape index (κ3) is 4.07. The normalized spacial score (nSPS) is 18.0. The summed E-state index contributed by atoms with van der Waals surface area (Å²) in [4.78, 5) is 30.6. The predicted molar refractivity (Wildman–Crippen MR) is 132 cm³/mol. The lowest BCUT2D eigenvalue weighted by molar-refractivity contribution is 0.0605. The molecular formula is C26H23Cl2N5O2. The Balaban J connectivity index is 1.43. The van der Waals surface area contributed by atoms with Crippen LogP contribution in [0.5, 0.6) is 0 Å². The Morgan fingerprint density at radius 1 is 1.14 bits per heavy atom. The van der Waals surface area contributed by atoms with Gasteiger partial charge in [-0.2, -0.15) is 10.4 Å². The lowest BCUT2D eigenvalue weighted by Gasteiger charge is -2.35. The molecule has 9 heteroatoms. The van der Waals surface area contributed by atoms with Gasteiger partial charge in [0.1, 0.15) is 5.69 Å². The first-order valence-electron chi connectivity index (χ1n) is 11.4. The van der Waals surface area contributed by atoms with Crippen LogP contribution in [0, 0.1) is 11.3 Å². The van der Waals surface area contributed by atoms with Gasteiger partial charge in [-0.15, -0.1) is 0 Å². The van der Waals surface area contributed by atoms with Crippen molar-refractivity contribution in [2.45, 2.75) is 45.4 Å². The van der Waals surface area contributed by atoms with Crippen LogP contribution in [0.4, 0.5) is 0 Å². The van der Waals surface area contributed by atoms with Crippen LogP contribution in [0.2, 0.25) is 10.0 Å². The fourth-order valence-corrected chi connectivity index (χ4v) is 5.19. The number of nitrogens with zero attached hydrogens (tertiary/aromatic N) is 5. The van der Waals surface area contributed by atoms with E-state index in [0.717, 1.165) is 16.8 Å². The summed E-state index contributed by atoms with van der Waals surface area (Å²) in [5.74, 6) is -0.258. The molecule has 0 spiro atoms. The highest BCUT2D eigenvalue weighted by molar-refractivity contribution is 6.42. The number of rotatable bonds is 3. The highest BCUT2D eigenvalue weighted by Gasteiger charge is 2.38. The van der Waals surface area contributed by atoms with Crippen molar-refractivity contribution in [3.8, 4) is 6.07 Å². The van der Waals surface area contributed by atoms with E-state index in [4.69, 9.17) is 33.6 Å². The molecule has 0 N–H and O–H groups in total. The maximum Gasteiger partial charge on any atom is 0.273 e. The molecule has 0 fully saturated rings. The molecule has 2 atom stereocenters. The summed E-state index contributed by atoms with van der Waals surface area (Å²) in [5.41, 5.74) is 4.22. The Kier molecular flexibility index (Phi) is 6.04. The number of fused-ring (bicyclic) bond motifs is 3. The number of carbonyl (C=O) groups is 2. The largest absolute Gasteiger partial charge is 0.331 e. The lowest BCUT2D eigenvalue weighted by atomic mass is 9.97. The molecule has 35 heavy (non-hydrogen) atoms. The van der Waals surface area contributed by atoms with Crippen molar-refractivity contribution in [1.29, 1.82) is 5.26 Å². The second-order valence-electron chi connectivity index (χ2n) is 9.02. The van der Waals surface area contributed by atoms with E-state index in [-0.39, 0.29) is 23.9 Å². The number of halogens is 2. The SMILES string of the molecule is C[C@@H]1Cc2nn3c(c2CN1C(=O)c1ccc(Cl)c(Cl)c1)C(=O)N([C@H](C)c1ccc(C#N)cc1)CC3. The van der Waals surface area contributed by atoms with Gasteiger partial charge in [0, 0.05) is 30.1 Å². The summed E-state index contributed by atoms with van der Waals surface area (Å²) in [6, 6.07) is 14.0. The zero-order valence-electron chi connectivity index (χ0n) is 19.3. The first kappa shape index (κ1) is 23.4. The first-order chi connectivity index (χ1) is 16.8. The highest BCUT2D eigenvalue weighted by atomic mass is 35.5. The highest BCUT2D eigenvalue weighted by Crippen LogP contribution is 2.33. The zero-order valence-corrected chi connectivity index (χ0v) is 20.8. The summed E-state index contributed by atoms with van der Waals surface area (Å²) < 4.78 is 1.79. The molecule has 178 valence electrons. The topological polar surface area (TPSA) is 82.2 Å². The van der Waals surface area contributed by atoms with Gasteiger partial charge in [-0.25, -0.2) is 0 Å². The maximum atomic E-state index is 13.7. The Morgan fingerprint density at radius 2 is 1.89 bits per heavy atom. The number of carbonyl (C=O) groups excluding carboxylic acids is 2. The maximum absolute atomic E-state index is 13.7. The molecule has 3 aromatic rings. The fourth-order valence-electron chi connectivity index (χ4n) is 4.89. The van der Waals surface area contributed by atoms with Crippen LogP contribution < -0.4 is 0 Å². The van der Waals surface area contributed by atoms with E-state index in [0.29, 0.717) is 52.9 Å². The summed E-state index contributed by atoms with van der Waals surface area (Å²) in [6.07, 6.45) is 0.570. The third-order valence-electron chi connectivity index (χ3n) is 6.92. The van der Waals surface area contributed by atoms with Crippen molar-refractivity contribution < 1.29 is 9.59 Å². The number of hydrogen-bond donors (Lipinski definition) is 0. The number of benzene rings is 2.